The molecular weight excluding hydrogens is 316 g/mol. The zero-order valence-corrected chi connectivity index (χ0v) is 14.9. The molecule has 0 radical (unpaired) electrons. The largest absolute Gasteiger partial charge is 0.493 e. The summed E-state index contributed by atoms with van der Waals surface area (Å²) in [4.78, 5) is 12.1. The predicted octanol–water partition coefficient (Wildman–Crippen LogP) is 3.71. The van der Waals surface area contributed by atoms with Gasteiger partial charge in [0, 0.05) is 13.3 Å². The SMILES string of the molecule is COc1ccc(C2CC(c3cccc(C)c3)=NN2C(C)=O)cc1OC. The van der Waals surface area contributed by atoms with Crippen molar-refractivity contribution in [3.63, 3.8) is 0 Å². The summed E-state index contributed by atoms with van der Waals surface area (Å²) in [5.41, 5.74) is 4.11. The third-order valence-electron chi connectivity index (χ3n) is 4.38. The van der Waals surface area contributed by atoms with Gasteiger partial charge in [-0.05, 0) is 30.2 Å². The number of rotatable bonds is 4. The highest BCUT2D eigenvalue weighted by Gasteiger charge is 2.32. The molecular formula is C20H22N2O3. The van der Waals surface area contributed by atoms with Gasteiger partial charge in [0.15, 0.2) is 11.5 Å². The van der Waals surface area contributed by atoms with Crippen molar-refractivity contribution < 1.29 is 14.3 Å². The van der Waals surface area contributed by atoms with Crippen molar-refractivity contribution >= 4 is 11.6 Å². The molecule has 0 fully saturated rings. The number of amides is 1. The normalized spacial score (nSPS) is 16.6. The van der Waals surface area contributed by atoms with Crippen LogP contribution < -0.4 is 9.47 Å². The first kappa shape index (κ1) is 17.0. The van der Waals surface area contributed by atoms with Crippen LogP contribution in [0.15, 0.2) is 47.6 Å². The van der Waals surface area contributed by atoms with Crippen molar-refractivity contribution in [2.75, 3.05) is 14.2 Å². The standard InChI is InChI=1S/C20H22N2O3/c1-13-6-5-7-15(10-13)17-12-18(22(21-17)14(2)23)16-8-9-19(24-3)20(11-16)25-4/h5-11,18H,12H2,1-4H3. The lowest BCUT2D eigenvalue weighted by Crippen LogP contribution is -2.24. The van der Waals surface area contributed by atoms with E-state index >= 15 is 0 Å². The molecule has 1 heterocycles. The zero-order chi connectivity index (χ0) is 18.0. The molecule has 0 saturated carbocycles. The summed E-state index contributed by atoms with van der Waals surface area (Å²) in [6.45, 7) is 3.59. The first-order chi connectivity index (χ1) is 12.0. The number of aryl methyl sites for hydroxylation is 1. The summed E-state index contributed by atoms with van der Waals surface area (Å²) in [6.07, 6.45) is 0.665. The van der Waals surface area contributed by atoms with E-state index in [1.165, 1.54) is 12.5 Å². The number of carbonyl (C=O) groups is 1. The van der Waals surface area contributed by atoms with Crippen LogP contribution in [0.1, 0.15) is 36.1 Å². The molecule has 0 spiro atoms. The lowest BCUT2D eigenvalue weighted by atomic mass is 9.97. The molecule has 25 heavy (non-hydrogen) atoms. The van der Waals surface area contributed by atoms with Gasteiger partial charge in [0.1, 0.15) is 0 Å². The number of nitrogens with zero attached hydrogens (tertiary/aromatic N) is 2. The molecule has 1 unspecified atom stereocenters. The molecule has 130 valence electrons. The highest BCUT2D eigenvalue weighted by Crippen LogP contribution is 2.37. The van der Waals surface area contributed by atoms with Crippen molar-refractivity contribution in [3.05, 3.63) is 59.2 Å². The molecule has 1 aliphatic rings. The molecule has 1 amide bonds. The zero-order valence-electron chi connectivity index (χ0n) is 14.9. The van der Waals surface area contributed by atoms with Crippen LogP contribution in [0.5, 0.6) is 11.5 Å². The smallest absolute Gasteiger partial charge is 0.240 e. The Labute approximate surface area is 147 Å². The van der Waals surface area contributed by atoms with Crippen LogP contribution in [0.3, 0.4) is 0 Å². The van der Waals surface area contributed by atoms with Gasteiger partial charge in [0.25, 0.3) is 0 Å². The van der Waals surface area contributed by atoms with Crippen LogP contribution in [0.4, 0.5) is 0 Å². The Morgan fingerprint density at radius 3 is 2.52 bits per heavy atom. The molecule has 0 bridgehead atoms. The van der Waals surface area contributed by atoms with Gasteiger partial charge in [-0.3, -0.25) is 4.79 Å². The van der Waals surface area contributed by atoms with E-state index in [0.29, 0.717) is 17.9 Å². The monoisotopic (exact) mass is 338 g/mol. The van der Waals surface area contributed by atoms with E-state index in [0.717, 1.165) is 16.8 Å². The van der Waals surface area contributed by atoms with E-state index in [2.05, 4.69) is 11.2 Å². The Kier molecular flexibility index (Phi) is 4.74. The third kappa shape index (κ3) is 3.36. The highest BCUT2D eigenvalue weighted by molar-refractivity contribution is 6.03. The Hall–Kier alpha value is -2.82. The van der Waals surface area contributed by atoms with E-state index in [9.17, 15) is 4.79 Å². The number of benzene rings is 2. The van der Waals surface area contributed by atoms with E-state index in [1.54, 1.807) is 19.2 Å². The molecule has 5 heteroatoms. The molecule has 1 aliphatic heterocycles. The lowest BCUT2D eigenvalue weighted by molar-refractivity contribution is -0.130. The Bertz CT molecular complexity index is 829. The molecule has 1 atom stereocenters. The Morgan fingerprint density at radius 2 is 1.88 bits per heavy atom. The molecule has 5 nitrogen and oxygen atoms in total. The van der Waals surface area contributed by atoms with Gasteiger partial charge < -0.3 is 9.47 Å². The fourth-order valence-electron chi connectivity index (χ4n) is 3.12. The molecule has 0 aliphatic carbocycles. The number of carbonyl (C=O) groups excluding carboxylic acids is 1. The van der Waals surface area contributed by atoms with Crippen molar-refractivity contribution in [2.45, 2.75) is 26.3 Å². The van der Waals surface area contributed by atoms with Crippen LogP contribution in [-0.2, 0) is 4.79 Å². The molecule has 0 saturated heterocycles. The van der Waals surface area contributed by atoms with Gasteiger partial charge in [-0.1, -0.05) is 35.9 Å². The first-order valence-corrected chi connectivity index (χ1v) is 8.19. The maximum atomic E-state index is 12.1. The van der Waals surface area contributed by atoms with Crippen LogP contribution in [0, 0.1) is 6.92 Å². The van der Waals surface area contributed by atoms with E-state index in [4.69, 9.17) is 9.47 Å². The minimum Gasteiger partial charge on any atom is -0.493 e. The molecule has 0 N–H and O–H groups in total. The fraction of sp³-hybridized carbons (Fsp3) is 0.300. The average Bonchev–Trinajstić information content (AvgIpc) is 3.07. The third-order valence-corrected chi connectivity index (χ3v) is 4.38. The minimum absolute atomic E-state index is 0.0811. The fourth-order valence-corrected chi connectivity index (χ4v) is 3.12. The second kappa shape index (κ2) is 6.97. The summed E-state index contributed by atoms with van der Waals surface area (Å²) >= 11 is 0. The van der Waals surface area contributed by atoms with E-state index in [1.807, 2.05) is 43.3 Å². The van der Waals surface area contributed by atoms with Gasteiger partial charge in [-0.2, -0.15) is 5.10 Å². The molecule has 2 aromatic rings. The topological polar surface area (TPSA) is 51.1 Å². The summed E-state index contributed by atoms with van der Waals surface area (Å²) in [7, 11) is 3.21. The van der Waals surface area contributed by atoms with Crippen LogP contribution in [0.25, 0.3) is 0 Å². The average molecular weight is 338 g/mol. The van der Waals surface area contributed by atoms with Crippen molar-refractivity contribution in [1.82, 2.24) is 5.01 Å². The van der Waals surface area contributed by atoms with Gasteiger partial charge in [-0.25, -0.2) is 5.01 Å². The summed E-state index contributed by atoms with van der Waals surface area (Å²) in [5.74, 6) is 1.23. The molecule has 0 aromatic heterocycles. The first-order valence-electron chi connectivity index (χ1n) is 8.19. The van der Waals surface area contributed by atoms with Crippen molar-refractivity contribution in [1.29, 1.82) is 0 Å². The minimum atomic E-state index is -0.146. The van der Waals surface area contributed by atoms with Crippen LogP contribution in [0.2, 0.25) is 0 Å². The summed E-state index contributed by atoms with van der Waals surface area (Å²) in [6, 6.07) is 13.8. The number of hydrogen-bond donors (Lipinski definition) is 0. The summed E-state index contributed by atoms with van der Waals surface area (Å²) in [5, 5.41) is 6.14. The van der Waals surface area contributed by atoms with Crippen LogP contribution >= 0.6 is 0 Å². The second-order valence-electron chi connectivity index (χ2n) is 6.11. The number of hydrogen-bond acceptors (Lipinski definition) is 4. The molecule has 2 aromatic carbocycles. The number of methoxy groups -OCH3 is 2. The van der Waals surface area contributed by atoms with E-state index in [-0.39, 0.29) is 11.9 Å². The summed E-state index contributed by atoms with van der Waals surface area (Å²) < 4.78 is 10.7. The number of ether oxygens (including phenoxy) is 2. The van der Waals surface area contributed by atoms with E-state index < -0.39 is 0 Å². The maximum Gasteiger partial charge on any atom is 0.240 e. The second-order valence-corrected chi connectivity index (χ2v) is 6.11. The van der Waals surface area contributed by atoms with Gasteiger partial charge >= 0.3 is 0 Å². The predicted molar refractivity (Wildman–Crippen MR) is 97.1 cm³/mol. The van der Waals surface area contributed by atoms with Gasteiger partial charge in [0.2, 0.25) is 5.91 Å². The highest BCUT2D eigenvalue weighted by atomic mass is 16.5. The maximum absolute atomic E-state index is 12.1. The number of hydrazone groups is 1. The molecule has 3 rings (SSSR count). The van der Waals surface area contributed by atoms with Crippen molar-refractivity contribution in [3.8, 4) is 11.5 Å². The Morgan fingerprint density at radius 1 is 1.12 bits per heavy atom. The van der Waals surface area contributed by atoms with Gasteiger partial charge in [-0.15, -0.1) is 0 Å². The van der Waals surface area contributed by atoms with Crippen LogP contribution in [-0.4, -0.2) is 30.8 Å². The lowest BCUT2D eigenvalue weighted by Gasteiger charge is -2.21. The van der Waals surface area contributed by atoms with Gasteiger partial charge in [0.05, 0.1) is 26.0 Å². The quantitative estimate of drug-likeness (QED) is 0.854. The van der Waals surface area contributed by atoms with Crippen molar-refractivity contribution in [2.24, 2.45) is 5.10 Å². The Balaban J connectivity index is 1.96.